The maximum atomic E-state index is 12.6. The van der Waals surface area contributed by atoms with Crippen molar-refractivity contribution in [3.63, 3.8) is 0 Å². The van der Waals surface area contributed by atoms with Gasteiger partial charge in [0.25, 0.3) is 5.91 Å². The number of hydrogen-bond acceptors (Lipinski definition) is 2. The fraction of sp³-hybridized carbons (Fsp3) is 0.571. The topological polar surface area (TPSA) is 33.2 Å². The molecule has 1 saturated heterocycles. The molecule has 18 heavy (non-hydrogen) atoms. The highest BCUT2D eigenvalue weighted by atomic mass is 79.9. The third-order valence-corrected chi connectivity index (χ3v) is 4.02. The van der Waals surface area contributed by atoms with E-state index in [1.807, 2.05) is 0 Å². The third-order valence-electron chi connectivity index (χ3n) is 3.58. The van der Waals surface area contributed by atoms with E-state index in [0.29, 0.717) is 6.04 Å². The van der Waals surface area contributed by atoms with Crippen molar-refractivity contribution < 1.29 is 4.79 Å². The molecule has 1 aromatic heterocycles. The first-order chi connectivity index (χ1) is 8.72. The fourth-order valence-electron chi connectivity index (χ4n) is 2.57. The number of carbonyl (C=O) groups is 1. The number of pyridine rings is 1. The molecule has 3 nitrogen and oxygen atoms in total. The van der Waals surface area contributed by atoms with E-state index in [1.54, 1.807) is 18.3 Å². The van der Waals surface area contributed by atoms with E-state index in [2.05, 4.69) is 32.7 Å². The van der Waals surface area contributed by atoms with E-state index in [-0.39, 0.29) is 5.91 Å². The molecule has 2 rings (SSSR count). The van der Waals surface area contributed by atoms with Gasteiger partial charge >= 0.3 is 0 Å². The molecule has 1 unspecified atom stereocenters. The van der Waals surface area contributed by atoms with Gasteiger partial charge in [-0.25, -0.2) is 4.98 Å². The molecule has 1 aliphatic rings. The molecule has 0 N–H and O–H groups in total. The summed E-state index contributed by atoms with van der Waals surface area (Å²) >= 11 is 3.32. The average Bonchev–Trinajstić information content (AvgIpc) is 2.62. The lowest BCUT2D eigenvalue weighted by Crippen LogP contribution is -2.39. The van der Waals surface area contributed by atoms with Crippen LogP contribution in [-0.2, 0) is 0 Å². The Bertz CT molecular complexity index is 422. The smallest absolute Gasteiger partial charge is 0.254 e. The van der Waals surface area contributed by atoms with Crippen LogP contribution in [0.25, 0.3) is 0 Å². The molecule has 0 spiro atoms. The lowest BCUT2D eigenvalue weighted by molar-refractivity contribution is 0.0678. The zero-order valence-corrected chi connectivity index (χ0v) is 12.3. The fourth-order valence-corrected chi connectivity index (χ4v) is 2.94. The predicted octanol–water partition coefficient (Wildman–Crippen LogP) is 3.64. The van der Waals surface area contributed by atoms with Crippen LogP contribution in [0.1, 0.15) is 49.4 Å². The summed E-state index contributed by atoms with van der Waals surface area (Å²) in [6, 6.07) is 4.00. The molecular formula is C14H19BrN2O. The van der Waals surface area contributed by atoms with Crippen LogP contribution < -0.4 is 0 Å². The monoisotopic (exact) mass is 310 g/mol. The van der Waals surface area contributed by atoms with Crippen molar-refractivity contribution in [2.24, 2.45) is 0 Å². The first-order valence-corrected chi connectivity index (χ1v) is 7.44. The van der Waals surface area contributed by atoms with Crippen molar-refractivity contribution in [2.45, 2.75) is 45.1 Å². The molecule has 4 heteroatoms. The highest BCUT2D eigenvalue weighted by molar-refractivity contribution is 9.10. The molecule has 0 saturated carbocycles. The summed E-state index contributed by atoms with van der Waals surface area (Å²) in [4.78, 5) is 18.7. The minimum absolute atomic E-state index is 0.145. The van der Waals surface area contributed by atoms with E-state index in [4.69, 9.17) is 0 Å². The quantitative estimate of drug-likeness (QED) is 0.781. The van der Waals surface area contributed by atoms with Crippen LogP contribution in [0.3, 0.4) is 0 Å². The molecule has 0 aliphatic carbocycles. The molecule has 1 amide bonds. The Hall–Kier alpha value is -0.900. The molecule has 2 heterocycles. The number of rotatable bonds is 2. The highest BCUT2D eigenvalue weighted by Gasteiger charge is 2.24. The van der Waals surface area contributed by atoms with E-state index >= 15 is 0 Å². The second-order valence-electron chi connectivity index (χ2n) is 4.78. The van der Waals surface area contributed by atoms with Gasteiger partial charge in [-0.3, -0.25) is 4.79 Å². The van der Waals surface area contributed by atoms with Gasteiger partial charge in [-0.1, -0.05) is 19.8 Å². The second-order valence-corrected chi connectivity index (χ2v) is 5.59. The third kappa shape index (κ3) is 3.10. The van der Waals surface area contributed by atoms with Gasteiger partial charge in [0.2, 0.25) is 0 Å². The van der Waals surface area contributed by atoms with E-state index in [0.717, 1.165) is 36.0 Å². The van der Waals surface area contributed by atoms with Crippen molar-refractivity contribution in [2.75, 3.05) is 6.54 Å². The number of hydrogen-bond donors (Lipinski definition) is 0. The van der Waals surface area contributed by atoms with Gasteiger partial charge in [0.1, 0.15) is 4.60 Å². The summed E-state index contributed by atoms with van der Waals surface area (Å²) < 4.78 is 0.719. The van der Waals surface area contributed by atoms with Crippen LogP contribution in [0.2, 0.25) is 0 Å². The maximum Gasteiger partial charge on any atom is 0.254 e. The van der Waals surface area contributed by atoms with E-state index < -0.39 is 0 Å². The molecule has 98 valence electrons. The van der Waals surface area contributed by atoms with Crippen molar-refractivity contribution >= 4 is 21.8 Å². The molecule has 1 aromatic rings. The van der Waals surface area contributed by atoms with Crippen molar-refractivity contribution in [3.8, 4) is 0 Å². The molecule has 0 aromatic carbocycles. The minimum Gasteiger partial charge on any atom is -0.336 e. The Morgan fingerprint density at radius 2 is 2.33 bits per heavy atom. The lowest BCUT2D eigenvalue weighted by Gasteiger charge is -2.29. The van der Waals surface area contributed by atoms with Gasteiger partial charge in [-0.05, 0) is 47.3 Å². The predicted molar refractivity (Wildman–Crippen MR) is 75.5 cm³/mol. The van der Waals surface area contributed by atoms with Crippen LogP contribution in [0.4, 0.5) is 0 Å². The van der Waals surface area contributed by atoms with Gasteiger partial charge in [0.05, 0.1) is 0 Å². The van der Waals surface area contributed by atoms with Gasteiger partial charge in [-0.15, -0.1) is 0 Å². The van der Waals surface area contributed by atoms with Gasteiger partial charge in [-0.2, -0.15) is 0 Å². The summed E-state index contributed by atoms with van der Waals surface area (Å²) in [5, 5.41) is 0. The molecule has 0 radical (unpaired) electrons. The number of likely N-dealkylation sites (tertiary alicyclic amines) is 1. The molecule has 1 fully saturated rings. The number of nitrogens with zero attached hydrogens (tertiary/aromatic N) is 2. The number of halogens is 1. The molecule has 0 bridgehead atoms. The Labute approximate surface area is 117 Å². The molecule has 1 atom stereocenters. The van der Waals surface area contributed by atoms with Crippen LogP contribution in [-0.4, -0.2) is 28.4 Å². The summed E-state index contributed by atoms with van der Waals surface area (Å²) in [5.41, 5.74) is 0.734. The minimum atomic E-state index is 0.145. The average molecular weight is 311 g/mol. The Kier molecular flexibility index (Phi) is 4.75. The Morgan fingerprint density at radius 1 is 1.50 bits per heavy atom. The summed E-state index contributed by atoms with van der Waals surface area (Å²) in [7, 11) is 0. The SMILES string of the molecule is CCC1CCCCCN1C(=O)c1ccnc(Br)c1. The van der Waals surface area contributed by atoms with E-state index in [1.165, 1.54) is 12.8 Å². The van der Waals surface area contributed by atoms with Crippen LogP contribution in [0.5, 0.6) is 0 Å². The first kappa shape index (κ1) is 13.5. The Morgan fingerprint density at radius 3 is 3.06 bits per heavy atom. The standard InChI is InChI=1S/C14H19BrN2O/c1-2-12-6-4-3-5-9-17(12)14(18)11-7-8-16-13(15)10-11/h7-8,10,12H,2-6,9H2,1H3. The van der Waals surface area contributed by atoms with E-state index in [9.17, 15) is 4.79 Å². The number of amides is 1. The van der Waals surface area contributed by atoms with Crippen molar-refractivity contribution in [1.29, 1.82) is 0 Å². The second kappa shape index (κ2) is 6.32. The zero-order valence-electron chi connectivity index (χ0n) is 10.7. The summed E-state index contributed by atoms with van der Waals surface area (Å²) in [6.45, 7) is 3.05. The zero-order chi connectivity index (χ0) is 13.0. The van der Waals surface area contributed by atoms with Crippen LogP contribution in [0.15, 0.2) is 22.9 Å². The number of carbonyl (C=O) groups excluding carboxylic acids is 1. The normalized spacial score (nSPS) is 20.6. The molecular weight excluding hydrogens is 292 g/mol. The summed E-state index contributed by atoms with van der Waals surface area (Å²) in [5.74, 6) is 0.145. The lowest BCUT2D eigenvalue weighted by atomic mass is 10.1. The maximum absolute atomic E-state index is 12.6. The molecule has 1 aliphatic heterocycles. The van der Waals surface area contributed by atoms with Crippen LogP contribution in [0, 0.1) is 0 Å². The van der Waals surface area contributed by atoms with Crippen molar-refractivity contribution in [1.82, 2.24) is 9.88 Å². The summed E-state index contributed by atoms with van der Waals surface area (Å²) in [6.07, 6.45) is 7.44. The van der Waals surface area contributed by atoms with Gasteiger partial charge < -0.3 is 4.90 Å². The van der Waals surface area contributed by atoms with Gasteiger partial charge in [0.15, 0.2) is 0 Å². The highest BCUT2D eigenvalue weighted by Crippen LogP contribution is 2.22. The number of aromatic nitrogens is 1. The Balaban J connectivity index is 2.19. The van der Waals surface area contributed by atoms with Crippen LogP contribution >= 0.6 is 15.9 Å². The first-order valence-electron chi connectivity index (χ1n) is 6.65. The van der Waals surface area contributed by atoms with Crippen molar-refractivity contribution in [3.05, 3.63) is 28.5 Å². The van der Waals surface area contributed by atoms with Gasteiger partial charge in [0, 0.05) is 24.3 Å². The largest absolute Gasteiger partial charge is 0.336 e.